The van der Waals surface area contributed by atoms with Gasteiger partial charge in [0, 0.05) is 10.8 Å². The minimum Gasteiger partial charge on any atom is -0.0619 e. The van der Waals surface area contributed by atoms with Crippen molar-refractivity contribution >= 4 is 43.1 Å². The SMILES string of the molecule is CC1(C)c2cc(-c3ccc4c(c3)C3(c5ccccc5-4)c4ccccc4-c4ccc(-c5ccc6c(c5)C(C)(C)c5cc(-c7cc8ccccc8c8ccccc78)ccc5-6)cc43)ccc2-c2ccc(-c3cc4ccccc4c4ccccc34)cc21. The van der Waals surface area contributed by atoms with E-state index in [4.69, 9.17) is 0 Å². The predicted octanol–water partition coefficient (Wildman–Crippen LogP) is 21.9. The van der Waals surface area contributed by atoms with E-state index in [1.165, 1.54) is 177 Å². The van der Waals surface area contributed by atoms with Crippen molar-refractivity contribution in [1.29, 1.82) is 0 Å². The molecule has 18 rings (SSSR count). The minimum absolute atomic E-state index is 0.205. The Bertz CT molecular complexity index is 4880. The van der Waals surface area contributed by atoms with E-state index in [2.05, 4.69) is 295 Å². The van der Waals surface area contributed by atoms with E-state index in [9.17, 15) is 0 Å². The third-order valence-corrected chi connectivity index (χ3v) is 20.3. The number of hydrogen-bond acceptors (Lipinski definition) is 0. The Balaban J connectivity index is 0.740. The Morgan fingerprint density at radius 3 is 0.831 bits per heavy atom. The summed E-state index contributed by atoms with van der Waals surface area (Å²) in [4.78, 5) is 0. The summed E-state index contributed by atoms with van der Waals surface area (Å²) < 4.78 is 0. The van der Waals surface area contributed by atoms with Crippen molar-refractivity contribution < 1.29 is 0 Å². The molecule has 0 atom stereocenters. The van der Waals surface area contributed by atoms with Crippen LogP contribution in [0.25, 0.3) is 132 Å². The maximum Gasteiger partial charge on any atom is 0.0725 e. The molecule has 14 aromatic carbocycles. The van der Waals surface area contributed by atoms with Crippen LogP contribution in [0.15, 0.2) is 267 Å². The van der Waals surface area contributed by atoms with Crippen LogP contribution in [-0.2, 0) is 16.2 Å². The normalized spacial score (nSPS) is 14.8. The molecule has 0 heterocycles. The first-order valence-corrected chi connectivity index (χ1v) is 29.5. The van der Waals surface area contributed by atoms with Gasteiger partial charge in [0.15, 0.2) is 0 Å². The number of benzene rings is 14. The van der Waals surface area contributed by atoms with Gasteiger partial charge in [0.05, 0.1) is 5.41 Å². The standard InChI is InChI=1S/C83H56/c1-81(2)75-43-49(29-35-65(75)67-39-33-55(47-77(67)81)71-41-53-17-5-7-19-57(53)59-21-9-11-23-61(59)71)51-31-37-69-63-25-13-15-27-73(63)83(79(69)45-51)74-28-16-14-26-64(74)70-38-32-52(46-80(70)83)50-30-36-66-68-40-34-56(48-78(68)82(3,4)76(66)44-50)72-42-54-18-6-8-20-58(54)60-22-10-12-24-62(60)72/h5-48H,1-4H3. The molecule has 388 valence electrons. The molecule has 0 N–H and O–H groups in total. The van der Waals surface area contributed by atoms with Crippen LogP contribution in [0.3, 0.4) is 0 Å². The van der Waals surface area contributed by atoms with E-state index in [0.29, 0.717) is 0 Å². The largest absolute Gasteiger partial charge is 0.0725 e. The average Bonchev–Trinajstić information content (AvgIpc) is 1.69. The average molecular weight is 1050 g/mol. The summed E-state index contributed by atoms with van der Waals surface area (Å²) in [5, 5.41) is 10.3. The molecule has 0 aromatic heterocycles. The third kappa shape index (κ3) is 6.25. The Labute approximate surface area is 484 Å². The van der Waals surface area contributed by atoms with Gasteiger partial charge in [-0.15, -0.1) is 0 Å². The van der Waals surface area contributed by atoms with Crippen molar-refractivity contribution in [3.8, 4) is 89.0 Å². The van der Waals surface area contributed by atoms with Gasteiger partial charge in [-0.1, -0.05) is 246 Å². The van der Waals surface area contributed by atoms with Gasteiger partial charge in [0.25, 0.3) is 0 Å². The maximum atomic E-state index is 2.55. The van der Waals surface area contributed by atoms with Gasteiger partial charge < -0.3 is 0 Å². The van der Waals surface area contributed by atoms with Gasteiger partial charge in [0.2, 0.25) is 0 Å². The molecule has 0 nitrogen and oxygen atoms in total. The van der Waals surface area contributed by atoms with Crippen molar-refractivity contribution in [2.45, 2.75) is 43.9 Å². The van der Waals surface area contributed by atoms with Crippen LogP contribution >= 0.6 is 0 Å². The topological polar surface area (TPSA) is 0 Å². The molecule has 0 amide bonds. The van der Waals surface area contributed by atoms with Gasteiger partial charge in [-0.3, -0.25) is 0 Å². The van der Waals surface area contributed by atoms with Crippen LogP contribution in [0.5, 0.6) is 0 Å². The van der Waals surface area contributed by atoms with Crippen molar-refractivity contribution in [3.63, 3.8) is 0 Å². The van der Waals surface area contributed by atoms with Crippen molar-refractivity contribution in [2.75, 3.05) is 0 Å². The molecule has 0 aliphatic heterocycles. The molecule has 0 bridgehead atoms. The summed E-state index contributed by atoms with van der Waals surface area (Å²) >= 11 is 0. The molecule has 0 saturated carbocycles. The van der Waals surface area contributed by atoms with E-state index in [0.717, 1.165) is 0 Å². The molecule has 0 fully saturated rings. The molecule has 0 saturated heterocycles. The molecule has 0 heteroatoms. The molecule has 4 aliphatic carbocycles. The second-order valence-electron chi connectivity index (χ2n) is 25.0. The lowest BCUT2D eigenvalue weighted by Crippen LogP contribution is -2.26. The van der Waals surface area contributed by atoms with Crippen LogP contribution in [0.4, 0.5) is 0 Å². The summed E-state index contributed by atoms with van der Waals surface area (Å²) in [6.07, 6.45) is 0. The summed E-state index contributed by atoms with van der Waals surface area (Å²) in [5.41, 5.74) is 30.7. The zero-order valence-corrected chi connectivity index (χ0v) is 46.9. The van der Waals surface area contributed by atoms with Gasteiger partial charge in [0.1, 0.15) is 0 Å². The first-order valence-electron chi connectivity index (χ1n) is 29.5. The highest BCUT2D eigenvalue weighted by molar-refractivity contribution is 6.15. The van der Waals surface area contributed by atoms with Crippen LogP contribution in [-0.4, -0.2) is 0 Å². The van der Waals surface area contributed by atoms with E-state index in [1.807, 2.05) is 0 Å². The molecule has 83 heavy (non-hydrogen) atoms. The lowest BCUT2D eigenvalue weighted by molar-refractivity contribution is 0.660. The van der Waals surface area contributed by atoms with E-state index in [1.54, 1.807) is 0 Å². The lowest BCUT2D eigenvalue weighted by Gasteiger charge is -2.31. The third-order valence-electron chi connectivity index (χ3n) is 20.3. The fourth-order valence-corrected chi connectivity index (χ4v) is 16.3. The second kappa shape index (κ2) is 16.6. The Morgan fingerprint density at radius 2 is 0.446 bits per heavy atom. The summed E-state index contributed by atoms with van der Waals surface area (Å²) in [6.45, 7) is 9.70. The molecule has 0 radical (unpaired) electrons. The Hall–Kier alpha value is -9.88. The molecule has 1 spiro atoms. The van der Waals surface area contributed by atoms with Gasteiger partial charge in [-0.25, -0.2) is 0 Å². The number of fused-ring (bicyclic) bond motifs is 22. The zero-order valence-electron chi connectivity index (χ0n) is 46.9. The lowest BCUT2D eigenvalue weighted by atomic mass is 9.70. The summed E-state index contributed by atoms with van der Waals surface area (Å²) in [7, 11) is 0. The monoisotopic (exact) mass is 1050 g/mol. The maximum absolute atomic E-state index is 2.55. The zero-order chi connectivity index (χ0) is 55.1. The highest BCUT2D eigenvalue weighted by Gasteiger charge is 2.52. The molecule has 14 aromatic rings. The molecular formula is C83H56. The highest BCUT2D eigenvalue weighted by atomic mass is 14.5. The smallest absolute Gasteiger partial charge is 0.0619 e. The fraction of sp³-hybridized carbons (Fsp3) is 0.0843. The van der Waals surface area contributed by atoms with E-state index in [-0.39, 0.29) is 10.8 Å². The molecular weight excluding hydrogens is 997 g/mol. The van der Waals surface area contributed by atoms with Crippen LogP contribution in [0, 0.1) is 0 Å². The molecule has 0 unspecified atom stereocenters. The predicted molar refractivity (Wildman–Crippen MR) is 350 cm³/mol. The van der Waals surface area contributed by atoms with Crippen LogP contribution < -0.4 is 0 Å². The summed E-state index contributed by atoms with van der Waals surface area (Å²) in [6, 6.07) is 102. The molecule has 4 aliphatic rings. The Morgan fingerprint density at radius 1 is 0.181 bits per heavy atom. The summed E-state index contributed by atoms with van der Waals surface area (Å²) in [5.74, 6) is 0. The first-order chi connectivity index (χ1) is 40.6. The Kier molecular flexibility index (Phi) is 9.38. The first kappa shape index (κ1) is 46.8. The van der Waals surface area contributed by atoms with Crippen molar-refractivity contribution in [2.24, 2.45) is 0 Å². The minimum atomic E-state index is -0.505. The fourth-order valence-electron chi connectivity index (χ4n) is 16.3. The quantitative estimate of drug-likeness (QED) is 0.154. The number of hydrogen-bond donors (Lipinski definition) is 0. The van der Waals surface area contributed by atoms with Crippen molar-refractivity contribution in [1.82, 2.24) is 0 Å². The van der Waals surface area contributed by atoms with Crippen LogP contribution in [0.2, 0.25) is 0 Å². The van der Waals surface area contributed by atoms with Gasteiger partial charge >= 0.3 is 0 Å². The number of rotatable bonds is 4. The van der Waals surface area contributed by atoms with E-state index < -0.39 is 5.41 Å². The van der Waals surface area contributed by atoms with Gasteiger partial charge in [-0.05, 0) is 225 Å². The van der Waals surface area contributed by atoms with Crippen molar-refractivity contribution in [3.05, 3.63) is 311 Å². The second-order valence-corrected chi connectivity index (χ2v) is 25.0. The van der Waals surface area contributed by atoms with Gasteiger partial charge in [-0.2, -0.15) is 0 Å². The highest BCUT2D eigenvalue weighted by Crippen LogP contribution is 2.64. The van der Waals surface area contributed by atoms with Crippen LogP contribution in [0.1, 0.15) is 72.2 Å². The van der Waals surface area contributed by atoms with E-state index >= 15 is 0 Å².